The third-order valence-corrected chi connectivity index (χ3v) is 4.21. The smallest absolute Gasteiger partial charge is 0.308 e. The summed E-state index contributed by atoms with van der Waals surface area (Å²) < 4.78 is 37.8. The van der Waals surface area contributed by atoms with Crippen LogP contribution >= 0.6 is 0 Å². The van der Waals surface area contributed by atoms with Gasteiger partial charge in [0.2, 0.25) is 5.82 Å². The highest BCUT2D eigenvalue weighted by atomic mass is 19.4. The van der Waals surface area contributed by atoms with Gasteiger partial charge in [0.05, 0.1) is 23.4 Å². The Bertz CT molecular complexity index is 1150. The van der Waals surface area contributed by atoms with Gasteiger partial charge >= 0.3 is 11.9 Å². The summed E-state index contributed by atoms with van der Waals surface area (Å²) in [4.78, 5) is 50.3. The molecule has 2 aromatic heterocycles. The molecule has 0 bridgehead atoms. The fourth-order valence-electron chi connectivity index (χ4n) is 2.90. The first-order valence-corrected chi connectivity index (χ1v) is 9.19. The van der Waals surface area contributed by atoms with E-state index in [9.17, 15) is 27.6 Å². The van der Waals surface area contributed by atoms with E-state index >= 15 is 0 Å². The number of carbonyl (C=O) groups is 2. The van der Waals surface area contributed by atoms with Crippen molar-refractivity contribution < 1.29 is 22.8 Å². The molecule has 1 N–H and O–H groups in total. The molecule has 2 amide bonds. The lowest BCUT2D eigenvalue weighted by Gasteiger charge is -2.14. The molecule has 0 unspecified atom stereocenters. The number of benzene rings is 1. The third-order valence-electron chi connectivity index (χ3n) is 4.21. The molecule has 1 aliphatic heterocycles. The number of halogens is 3. The molecule has 0 aliphatic carbocycles. The van der Waals surface area contributed by atoms with Crippen molar-refractivity contribution in [2.24, 2.45) is 0 Å². The minimum absolute atomic E-state index is 0.00841. The molecule has 3 aromatic rings. The van der Waals surface area contributed by atoms with Crippen LogP contribution in [0.3, 0.4) is 0 Å². The number of rotatable bonds is 3. The first kappa shape index (κ1) is 21.8. The lowest BCUT2D eigenvalue weighted by atomic mass is 10.1. The zero-order valence-corrected chi connectivity index (χ0v) is 16.4. The van der Waals surface area contributed by atoms with Crippen LogP contribution in [0.2, 0.25) is 0 Å². The second kappa shape index (κ2) is 8.46. The Labute approximate surface area is 173 Å². The molecule has 0 atom stereocenters. The van der Waals surface area contributed by atoms with Crippen molar-refractivity contribution in [3.8, 4) is 11.3 Å². The van der Waals surface area contributed by atoms with Crippen LogP contribution in [0.4, 0.5) is 13.2 Å². The Morgan fingerprint density at radius 1 is 0.968 bits per heavy atom. The zero-order valence-electron chi connectivity index (χ0n) is 16.4. The number of aromatic nitrogens is 4. The lowest BCUT2D eigenvalue weighted by molar-refractivity contribution is -0.145. The molecule has 1 aromatic carbocycles. The number of imide groups is 1. The lowest BCUT2D eigenvalue weighted by Crippen LogP contribution is -2.30. The zero-order chi connectivity index (χ0) is 22.8. The van der Waals surface area contributed by atoms with E-state index < -0.39 is 29.5 Å². The number of hydrogen-bond acceptors (Lipinski definition) is 6. The van der Waals surface area contributed by atoms with Crippen LogP contribution < -0.4 is 5.69 Å². The molecule has 11 heteroatoms. The van der Waals surface area contributed by atoms with E-state index in [0.29, 0.717) is 0 Å². The van der Waals surface area contributed by atoms with Crippen LogP contribution in [0, 0.1) is 0 Å². The molecule has 8 nitrogen and oxygen atoms in total. The van der Waals surface area contributed by atoms with Gasteiger partial charge in [0, 0.05) is 23.7 Å². The topological polar surface area (TPSA) is 109 Å². The number of hydrogen-bond donors (Lipinski definition) is 1. The molecule has 1 aliphatic rings. The van der Waals surface area contributed by atoms with Crippen LogP contribution in [0.1, 0.15) is 46.1 Å². The van der Waals surface area contributed by atoms with Crippen LogP contribution in [0.15, 0.2) is 47.5 Å². The van der Waals surface area contributed by atoms with Gasteiger partial charge in [0.15, 0.2) is 0 Å². The van der Waals surface area contributed by atoms with E-state index in [2.05, 4.69) is 19.9 Å². The minimum atomic E-state index is -4.70. The molecule has 160 valence electrons. The first-order valence-electron chi connectivity index (χ1n) is 9.19. The normalized spacial score (nSPS) is 13.0. The summed E-state index contributed by atoms with van der Waals surface area (Å²) in [5.41, 5.74) is -0.0271. The Kier molecular flexibility index (Phi) is 5.95. The Hall–Kier alpha value is -3.89. The molecule has 0 saturated carbocycles. The first-order chi connectivity index (χ1) is 14.7. The monoisotopic (exact) mass is 431 g/mol. The molecule has 0 fully saturated rings. The van der Waals surface area contributed by atoms with E-state index in [1.165, 1.54) is 18.2 Å². The summed E-state index contributed by atoms with van der Waals surface area (Å²) >= 11 is 0. The highest BCUT2D eigenvalue weighted by Gasteiger charge is 2.36. The predicted octanol–water partition coefficient (Wildman–Crippen LogP) is 3.07. The highest BCUT2D eigenvalue weighted by molar-refractivity contribution is 6.21. The Morgan fingerprint density at radius 2 is 1.52 bits per heavy atom. The minimum Gasteiger partial charge on any atom is -0.308 e. The van der Waals surface area contributed by atoms with Crippen molar-refractivity contribution in [1.82, 2.24) is 24.8 Å². The molecular formula is C20H16F3N5O3. The van der Waals surface area contributed by atoms with Crippen LogP contribution in [-0.2, 0) is 12.7 Å². The molecule has 0 radical (unpaired) electrons. The van der Waals surface area contributed by atoms with Crippen molar-refractivity contribution >= 4 is 11.8 Å². The number of fused-ring (bicyclic) bond motifs is 1. The van der Waals surface area contributed by atoms with Crippen molar-refractivity contribution in [1.29, 1.82) is 0 Å². The summed E-state index contributed by atoms with van der Waals surface area (Å²) in [6, 6.07) is 7.65. The Morgan fingerprint density at radius 3 is 2.03 bits per heavy atom. The molecule has 31 heavy (non-hydrogen) atoms. The molecule has 3 heterocycles. The number of alkyl halides is 3. The van der Waals surface area contributed by atoms with Gasteiger partial charge in [-0.25, -0.2) is 14.8 Å². The summed E-state index contributed by atoms with van der Waals surface area (Å²) in [5, 5.41) is 0. The van der Waals surface area contributed by atoms with E-state index in [0.717, 1.165) is 17.3 Å². The number of nitrogens with zero attached hydrogens (tertiary/aromatic N) is 4. The maximum Gasteiger partial charge on any atom is 0.451 e. The fourth-order valence-corrected chi connectivity index (χ4v) is 2.90. The third kappa shape index (κ3) is 4.34. The maximum atomic E-state index is 12.6. The van der Waals surface area contributed by atoms with Gasteiger partial charge in [-0.15, -0.1) is 0 Å². The number of nitrogens with one attached hydrogen (secondary N) is 1. The van der Waals surface area contributed by atoms with Crippen LogP contribution in [-0.4, -0.2) is 36.7 Å². The second-order valence-corrected chi connectivity index (χ2v) is 6.13. The van der Waals surface area contributed by atoms with Crippen LogP contribution in [0.25, 0.3) is 11.3 Å². The summed E-state index contributed by atoms with van der Waals surface area (Å²) in [7, 11) is 0. The Balaban J connectivity index is 0.00000132. The molecule has 0 spiro atoms. The van der Waals surface area contributed by atoms with E-state index in [1.807, 2.05) is 13.8 Å². The van der Waals surface area contributed by atoms with Gasteiger partial charge in [0.25, 0.3) is 11.8 Å². The van der Waals surface area contributed by atoms with Gasteiger partial charge in [0.1, 0.15) is 0 Å². The summed E-state index contributed by atoms with van der Waals surface area (Å²) in [5.74, 6) is -2.34. The van der Waals surface area contributed by atoms with Gasteiger partial charge < -0.3 is 4.98 Å². The molecule has 0 saturated heterocycles. The van der Waals surface area contributed by atoms with Crippen molar-refractivity contribution in [2.75, 3.05) is 0 Å². The van der Waals surface area contributed by atoms with Gasteiger partial charge in [-0.1, -0.05) is 26.0 Å². The van der Waals surface area contributed by atoms with Crippen molar-refractivity contribution in [3.63, 3.8) is 0 Å². The average molecular weight is 431 g/mol. The fraction of sp³-hybridized carbons (Fsp3) is 0.200. The molecular weight excluding hydrogens is 415 g/mol. The van der Waals surface area contributed by atoms with Crippen LogP contribution in [0.5, 0.6) is 0 Å². The molecule has 4 rings (SSSR count). The average Bonchev–Trinajstić information content (AvgIpc) is 2.99. The summed E-state index contributed by atoms with van der Waals surface area (Å²) in [6.07, 6.45) is -2.91. The SMILES string of the molecule is CC.O=C1c2ccccc2C(=O)N1Cc1cc(-c2cnc(C(F)(F)F)nc2)nc(=O)[nH]1. The van der Waals surface area contributed by atoms with Crippen molar-refractivity contribution in [3.05, 3.63) is 75.9 Å². The summed E-state index contributed by atoms with van der Waals surface area (Å²) in [6.45, 7) is 3.76. The van der Waals surface area contributed by atoms with Gasteiger partial charge in [-0.3, -0.25) is 14.5 Å². The number of carbonyl (C=O) groups excluding carboxylic acids is 2. The quantitative estimate of drug-likeness (QED) is 0.639. The second-order valence-electron chi connectivity index (χ2n) is 6.13. The largest absolute Gasteiger partial charge is 0.451 e. The maximum absolute atomic E-state index is 12.6. The van der Waals surface area contributed by atoms with E-state index in [-0.39, 0.29) is 34.6 Å². The highest BCUT2D eigenvalue weighted by Crippen LogP contribution is 2.27. The number of aromatic amines is 1. The van der Waals surface area contributed by atoms with Gasteiger partial charge in [-0.05, 0) is 18.2 Å². The standard InChI is InChI=1S/C18H10F3N5O3.C2H6/c19-18(20,21)16-22-6-9(7-23-16)13-5-10(24-17(29)25-13)8-26-14(27)11-3-1-2-4-12(11)15(26)28;1-2/h1-7H,8H2,(H,24,25,29);1-2H3. The predicted molar refractivity (Wildman–Crippen MR) is 103 cm³/mol. The van der Waals surface area contributed by atoms with Gasteiger partial charge in [-0.2, -0.15) is 18.2 Å². The number of H-pyrrole nitrogens is 1. The number of amides is 2. The van der Waals surface area contributed by atoms with Crippen molar-refractivity contribution in [2.45, 2.75) is 26.6 Å². The van der Waals surface area contributed by atoms with E-state index in [1.54, 1.807) is 12.1 Å². The van der Waals surface area contributed by atoms with E-state index in [4.69, 9.17) is 0 Å².